The average Bonchev–Trinajstić information content (AvgIpc) is 3.23. The number of carbonyl (C=O) groups is 2. The monoisotopic (exact) mass is 521 g/mol. The Bertz CT molecular complexity index is 1560. The van der Waals surface area contributed by atoms with Gasteiger partial charge in [-0.2, -0.15) is 0 Å². The lowest BCUT2D eigenvalue weighted by atomic mass is 9.94. The van der Waals surface area contributed by atoms with Gasteiger partial charge in [0.1, 0.15) is 28.8 Å². The topological polar surface area (TPSA) is 85.3 Å². The molecule has 196 valence electrons. The van der Waals surface area contributed by atoms with Crippen molar-refractivity contribution in [3.63, 3.8) is 0 Å². The maximum atomic E-state index is 13.5. The Morgan fingerprint density at radius 1 is 0.769 bits per heavy atom. The molecule has 1 aliphatic rings. The molecule has 39 heavy (non-hydrogen) atoms. The highest BCUT2D eigenvalue weighted by atomic mass is 16.5. The molecule has 0 aromatic heterocycles. The van der Waals surface area contributed by atoms with Crippen LogP contribution in [0, 0.1) is 6.92 Å². The van der Waals surface area contributed by atoms with Gasteiger partial charge in [0, 0.05) is 5.69 Å². The van der Waals surface area contributed by atoms with Crippen LogP contribution in [0.15, 0.2) is 103 Å². The van der Waals surface area contributed by atoms with Gasteiger partial charge in [0.05, 0.1) is 31.4 Å². The number of methoxy groups -OCH3 is 2. The van der Waals surface area contributed by atoms with Crippen LogP contribution in [0.3, 0.4) is 0 Å². The predicted octanol–water partition coefficient (Wildman–Crippen LogP) is 6.43. The minimum atomic E-state index is -0.873. The van der Waals surface area contributed by atoms with E-state index in [0.717, 1.165) is 5.56 Å². The molecule has 1 saturated heterocycles. The highest BCUT2D eigenvalue weighted by Crippen LogP contribution is 2.44. The maximum absolute atomic E-state index is 13.5. The third kappa shape index (κ3) is 4.94. The van der Waals surface area contributed by atoms with E-state index in [4.69, 9.17) is 14.2 Å². The SMILES string of the molecule is COc1ccc(OC)c(/C(O)=C2\C(=O)C(=O)N(c3ccc(Oc4ccccc4)cc3)C2c2cccc(C)c2)c1. The van der Waals surface area contributed by atoms with Crippen molar-refractivity contribution in [2.75, 3.05) is 19.1 Å². The number of benzene rings is 4. The summed E-state index contributed by atoms with van der Waals surface area (Å²) in [5.41, 5.74) is 2.33. The smallest absolute Gasteiger partial charge is 0.300 e. The number of aryl methyl sites for hydroxylation is 1. The highest BCUT2D eigenvalue weighted by Gasteiger charge is 2.47. The number of aliphatic hydroxyl groups excluding tert-OH is 1. The van der Waals surface area contributed by atoms with Gasteiger partial charge in [0.15, 0.2) is 0 Å². The van der Waals surface area contributed by atoms with Crippen LogP contribution in [0.4, 0.5) is 5.69 Å². The van der Waals surface area contributed by atoms with Gasteiger partial charge in [-0.05, 0) is 67.1 Å². The number of carbonyl (C=O) groups excluding carboxylic acids is 2. The van der Waals surface area contributed by atoms with Crippen molar-refractivity contribution in [1.82, 2.24) is 0 Å². The Balaban J connectivity index is 1.63. The van der Waals surface area contributed by atoms with Crippen LogP contribution in [-0.4, -0.2) is 31.0 Å². The number of hydrogen-bond acceptors (Lipinski definition) is 6. The minimum Gasteiger partial charge on any atom is -0.507 e. The predicted molar refractivity (Wildman–Crippen MR) is 148 cm³/mol. The first-order valence-corrected chi connectivity index (χ1v) is 12.3. The van der Waals surface area contributed by atoms with Crippen LogP contribution in [0.1, 0.15) is 22.7 Å². The van der Waals surface area contributed by atoms with Gasteiger partial charge in [-0.3, -0.25) is 14.5 Å². The number of para-hydroxylation sites is 1. The molecule has 7 nitrogen and oxygen atoms in total. The molecule has 7 heteroatoms. The second-order valence-corrected chi connectivity index (χ2v) is 9.06. The summed E-state index contributed by atoms with van der Waals surface area (Å²) >= 11 is 0. The molecule has 1 aliphatic heterocycles. The average molecular weight is 522 g/mol. The summed E-state index contributed by atoms with van der Waals surface area (Å²) in [6, 6.07) is 27.8. The summed E-state index contributed by atoms with van der Waals surface area (Å²) in [7, 11) is 2.97. The Morgan fingerprint density at radius 3 is 2.13 bits per heavy atom. The van der Waals surface area contributed by atoms with E-state index in [-0.39, 0.29) is 16.9 Å². The van der Waals surface area contributed by atoms with E-state index in [1.165, 1.54) is 19.1 Å². The van der Waals surface area contributed by atoms with Crippen molar-refractivity contribution in [2.45, 2.75) is 13.0 Å². The zero-order valence-electron chi connectivity index (χ0n) is 21.8. The van der Waals surface area contributed by atoms with Crippen molar-refractivity contribution in [2.24, 2.45) is 0 Å². The lowest BCUT2D eigenvalue weighted by molar-refractivity contribution is -0.132. The number of amides is 1. The third-order valence-electron chi connectivity index (χ3n) is 6.56. The second kappa shape index (κ2) is 10.8. The van der Waals surface area contributed by atoms with Crippen molar-refractivity contribution >= 4 is 23.1 Å². The fraction of sp³-hybridized carbons (Fsp3) is 0.125. The van der Waals surface area contributed by atoms with E-state index >= 15 is 0 Å². The zero-order valence-corrected chi connectivity index (χ0v) is 21.8. The Morgan fingerprint density at radius 2 is 1.46 bits per heavy atom. The molecule has 1 atom stereocenters. The van der Waals surface area contributed by atoms with Crippen LogP contribution in [-0.2, 0) is 9.59 Å². The molecule has 1 N–H and O–H groups in total. The van der Waals surface area contributed by atoms with E-state index in [0.29, 0.717) is 34.2 Å². The molecule has 0 bridgehead atoms. The summed E-state index contributed by atoms with van der Waals surface area (Å²) in [4.78, 5) is 28.5. The summed E-state index contributed by atoms with van der Waals surface area (Å²) < 4.78 is 16.7. The Labute approximate surface area is 226 Å². The van der Waals surface area contributed by atoms with E-state index in [1.807, 2.05) is 61.5 Å². The van der Waals surface area contributed by atoms with Gasteiger partial charge in [-0.1, -0.05) is 48.0 Å². The van der Waals surface area contributed by atoms with Crippen molar-refractivity contribution < 1.29 is 28.9 Å². The standard InChI is InChI=1S/C32H27NO6/c1-20-8-7-9-21(18-20)29-28(30(34)26-19-25(37-2)16-17-27(26)38-3)31(35)32(36)33(29)22-12-14-24(15-13-22)39-23-10-5-4-6-11-23/h4-19,29,34H,1-3H3/b30-28+. The van der Waals surface area contributed by atoms with Gasteiger partial charge in [-0.25, -0.2) is 0 Å². The molecular weight excluding hydrogens is 494 g/mol. The largest absolute Gasteiger partial charge is 0.507 e. The van der Waals surface area contributed by atoms with Crippen molar-refractivity contribution in [3.05, 3.63) is 119 Å². The molecule has 1 unspecified atom stereocenters. The highest BCUT2D eigenvalue weighted by molar-refractivity contribution is 6.51. The van der Waals surface area contributed by atoms with Gasteiger partial charge in [0.25, 0.3) is 11.7 Å². The van der Waals surface area contributed by atoms with Gasteiger partial charge in [-0.15, -0.1) is 0 Å². The van der Waals surface area contributed by atoms with Crippen LogP contribution in [0.25, 0.3) is 5.76 Å². The molecular formula is C32H27NO6. The summed E-state index contributed by atoms with van der Waals surface area (Å²) in [5, 5.41) is 11.5. The van der Waals surface area contributed by atoms with E-state index in [9.17, 15) is 14.7 Å². The molecule has 0 saturated carbocycles. The number of ketones is 1. The lowest BCUT2D eigenvalue weighted by Crippen LogP contribution is -2.29. The van der Waals surface area contributed by atoms with Crippen LogP contribution < -0.4 is 19.1 Å². The van der Waals surface area contributed by atoms with E-state index in [2.05, 4.69) is 0 Å². The molecule has 0 spiro atoms. The summed E-state index contributed by atoms with van der Waals surface area (Å²) in [6.07, 6.45) is 0. The van der Waals surface area contributed by atoms with Crippen molar-refractivity contribution in [3.8, 4) is 23.0 Å². The number of rotatable bonds is 7. The summed E-state index contributed by atoms with van der Waals surface area (Å²) in [5.74, 6) is 0.169. The molecule has 0 aliphatic carbocycles. The van der Waals surface area contributed by atoms with Gasteiger partial charge in [0.2, 0.25) is 0 Å². The number of ether oxygens (including phenoxy) is 3. The molecule has 1 fully saturated rings. The Hall–Kier alpha value is -5.04. The number of hydrogen-bond donors (Lipinski definition) is 1. The fourth-order valence-corrected chi connectivity index (χ4v) is 4.70. The van der Waals surface area contributed by atoms with Gasteiger partial charge >= 0.3 is 0 Å². The molecule has 0 radical (unpaired) electrons. The van der Waals surface area contributed by atoms with E-state index in [1.54, 1.807) is 42.5 Å². The molecule has 1 heterocycles. The Kier molecular flexibility index (Phi) is 7.06. The van der Waals surface area contributed by atoms with Crippen LogP contribution in [0.2, 0.25) is 0 Å². The molecule has 4 aromatic carbocycles. The second-order valence-electron chi connectivity index (χ2n) is 9.06. The van der Waals surface area contributed by atoms with Crippen molar-refractivity contribution in [1.29, 1.82) is 0 Å². The minimum absolute atomic E-state index is 0.0400. The first-order valence-electron chi connectivity index (χ1n) is 12.3. The normalized spacial score (nSPS) is 16.3. The number of nitrogens with zero attached hydrogens (tertiary/aromatic N) is 1. The number of Topliss-reactive ketones (excluding diaryl/α,β-unsaturated/α-hetero) is 1. The summed E-state index contributed by atoms with van der Waals surface area (Å²) in [6.45, 7) is 1.93. The molecule has 1 amide bonds. The lowest BCUT2D eigenvalue weighted by Gasteiger charge is -2.26. The molecule has 5 rings (SSSR count). The van der Waals surface area contributed by atoms with Gasteiger partial charge < -0.3 is 19.3 Å². The number of aliphatic hydroxyl groups is 1. The molecule has 4 aromatic rings. The number of anilines is 1. The maximum Gasteiger partial charge on any atom is 0.300 e. The van der Waals surface area contributed by atoms with Crippen LogP contribution in [0.5, 0.6) is 23.0 Å². The van der Waals surface area contributed by atoms with Crippen LogP contribution >= 0.6 is 0 Å². The zero-order chi connectivity index (χ0) is 27.5. The first-order chi connectivity index (χ1) is 18.9. The van der Waals surface area contributed by atoms with E-state index < -0.39 is 17.7 Å². The third-order valence-corrected chi connectivity index (χ3v) is 6.56. The first kappa shape index (κ1) is 25.6. The quantitative estimate of drug-likeness (QED) is 0.171. The fourth-order valence-electron chi connectivity index (χ4n) is 4.70.